The van der Waals surface area contributed by atoms with Gasteiger partial charge in [-0.2, -0.15) is 0 Å². The van der Waals surface area contributed by atoms with Crippen LogP contribution in [0.1, 0.15) is 12.8 Å². The lowest BCUT2D eigenvalue weighted by molar-refractivity contribution is 0.0339. The van der Waals surface area contributed by atoms with Crippen molar-refractivity contribution in [3.05, 3.63) is 0 Å². The van der Waals surface area contributed by atoms with E-state index in [1.54, 1.807) is 0 Å². The fourth-order valence-electron chi connectivity index (χ4n) is 2.07. The van der Waals surface area contributed by atoms with Gasteiger partial charge < -0.3 is 15.2 Å². The molecule has 2 saturated heterocycles. The summed E-state index contributed by atoms with van der Waals surface area (Å²) >= 11 is 0. The summed E-state index contributed by atoms with van der Waals surface area (Å²) in [6.07, 6.45) is 2.72. The molecule has 0 radical (unpaired) electrons. The molecule has 2 aliphatic rings. The van der Waals surface area contributed by atoms with Crippen LogP contribution >= 0.6 is 0 Å². The van der Waals surface area contributed by atoms with Crippen LogP contribution in [0.4, 0.5) is 0 Å². The molecule has 3 heteroatoms. The maximum atomic E-state index is 8.69. The monoisotopic (exact) mass is 157 g/mol. The fraction of sp³-hybridized carbons (Fsp3) is 1.00. The van der Waals surface area contributed by atoms with Crippen molar-refractivity contribution in [2.75, 3.05) is 19.7 Å². The average molecular weight is 157 g/mol. The van der Waals surface area contributed by atoms with E-state index in [-0.39, 0.29) is 6.61 Å². The molecule has 2 heterocycles. The molecule has 2 fully saturated rings. The second-order valence-corrected chi connectivity index (χ2v) is 3.46. The summed E-state index contributed by atoms with van der Waals surface area (Å²) in [6.45, 7) is 2.37. The standard InChI is InChI=1S/C8H15NO2/c10-2-1-7-3-6-4-9-5-8(6)11-7/h6-10H,1-5H2. The summed E-state index contributed by atoms with van der Waals surface area (Å²) in [5, 5.41) is 12.0. The Kier molecular flexibility index (Phi) is 2.11. The van der Waals surface area contributed by atoms with Crippen molar-refractivity contribution in [2.24, 2.45) is 5.92 Å². The Morgan fingerprint density at radius 3 is 3.09 bits per heavy atom. The van der Waals surface area contributed by atoms with E-state index < -0.39 is 0 Å². The molecule has 0 aromatic carbocycles. The van der Waals surface area contributed by atoms with Crippen molar-refractivity contribution in [1.82, 2.24) is 5.32 Å². The summed E-state index contributed by atoms with van der Waals surface area (Å²) in [6, 6.07) is 0. The molecule has 3 nitrogen and oxygen atoms in total. The van der Waals surface area contributed by atoms with E-state index in [1.165, 1.54) is 0 Å². The van der Waals surface area contributed by atoms with Crippen LogP contribution in [0, 0.1) is 5.92 Å². The number of hydrogen-bond acceptors (Lipinski definition) is 3. The van der Waals surface area contributed by atoms with Crippen LogP contribution < -0.4 is 5.32 Å². The number of hydrogen-bond donors (Lipinski definition) is 2. The van der Waals surface area contributed by atoms with Crippen LogP contribution in [-0.2, 0) is 4.74 Å². The first-order valence-corrected chi connectivity index (χ1v) is 4.37. The first kappa shape index (κ1) is 7.53. The Hall–Kier alpha value is -0.120. The summed E-state index contributed by atoms with van der Waals surface area (Å²) < 4.78 is 5.70. The second-order valence-electron chi connectivity index (χ2n) is 3.46. The van der Waals surface area contributed by atoms with Gasteiger partial charge in [0, 0.05) is 25.6 Å². The topological polar surface area (TPSA) is 41.5 Å². The summed E-state index contributed by atoms with van der Waals surface area (Å²) in [5.41, 5.74) is 0. The van der Waals surface area contributed by atoms with Crippen molar-refractivity contribution in [3.8, 4) is 0 Å². The van der Waals surface area contributed by atoms with Gasteiger partial charge in [0.05, 0.1) is 12.2 Å². The highest BCUT2D eigenvalue weighted by atomic mass is 16.5. The van der Waals surface area contributed by atoms with E-state index in [9.17, 15) is 0 Å². The van der Waals surface area contributed by atoms with E-state index in [2.05, 4.69) is 5.32 Å². The Balaban J connectivity index is 1.84. The first-order valence-electron chi connectivity index (χ1n) is 4.37. The lowest BCUT2D eigenvalue weighted by Gasteiger charge is -2.09. The molecule has 3 atom stereocenters. The zero-order valence-corrected chi connectivity index (χ0v) is 6.62. The van der Waals surface area contributed by atoms with E-state index in [1.807, 2.05) is 0 Å². The number of nitrogens with one attached hydrogen (secondary N) is 1. The zero-order chi connectivity index (χ0) is 7.68. The Bertz CT molecular complexity index is 128. The molecule has 2 rings (SSSR count). The Morgan fingerprint density at radius 2 is 2.36 bits per heavy atom. The molecule has 0 aromatic heterocycles. The molecule has 0 amide bonds. The zero-order valence-electron chi connectivity index (χ0n) is 6.62. The molecule has 0 aliphatic carbocycles. The van der Waals surface area contributed by atoms with Gasteiger partial charge in [0.2, 0.25) is 0 Å². The largest absolute Gasteiger partial charge is 0.396 e. The molecule has 3 unspecified atom stereocenters. The van der Waals surface area contributed by atoms with Gasteiger partial charge in [-0.25, -0.2) is 0 Å². The summed E-state index contributed by atoms with van der Waals surface area (Å²) in [7, 11) is 0. The van der Waals surface area contributed by atoms with Crippen LogP contribution in [0.25, 0.3) is 0 Å². The van der Waals surface area contributed by atoms with Gasteiger partial charge in [0.1, 0.15) is 0 Å². The maximum Gasteiger partial charge on any atom is 0.0744 e. The minimum atomic E-state index is 0.261. The predicted molar refractivity (Wildman–Crippen MR) is 41.3 cm³/mol. The van der Waals surface area contributed by atoms with Gasteiger partial charge in [0.15, 0.2) is 0 Å². The molecule has 11 heavy (non-hydrogen) atoms. The van der Waals surface area contributed by atoms with Gasteiger partial charge in [-0.1, -0.05) is 0 Å². The van der Waals surface area contributed by atoms with Gasteiger partial charge in [0.25, 0.3) is 0 Å². The highest BCUT2D eigenvalue weighted by Crippen LogP contribution is 2.30. The third kappa shape index (κ3) is 1.41. The molecule has 2 aliphatic heterocycles. The van der Waals surface area contributed by atoms with Crippen LogP contribution in [0.2, 0.25) is 0 Å². The Morgan fingerprint density at radius 1 is 1.45 bits per heavy atom. The molecular weight excluding hydrogens is 142 g/mol. The van der Waals surface area contributed by atoms with Crippen LogP contribution in [0.3, 0.4) is 0 Å². The summed E-state index contributed by atoms with van der Waals surface area (Å²) in [4.78, 5) is 0. The molecule has 0 aromatic rings. The molecule has 0 spiro atoms. The smallest absolute Gasteiger partial charge is 0.0744 e. The van der Waals surface area contributed by atoms with Gasteiger partial charge in [-0.05, 0) is 12.8 Å². The summed E-state index contributed by atoms with van der Waals surface area (Å²) in [5.74, 6) is 0.714. The first-order chi connectivity index (χ1) is 5.40. The number of fused-ring (bicyclic) bond motifs is 1. The maximum absolute atomic E-state index is 8.69. The minimum Gasteiger partial charge on any atom is -0.396 e. The predicted octanol–water partition coefficient (Wildman–Crippen LogP) is -0.254. The lowest BCUT2D eigenvalue weighted by atomic mass is 10.0. The highest BCUT2D eigenvalue weighted by molar-refractivity contribution is 4.89. The third-order valence-corrected chi connectivity index (χ3v) is 2.66. The van der Waals surface area contributed by atoms with Crippen LogP contribution in [0.5, 0.6) is 0 Å². The molecule has 2 N–H and O–H groups in total. The number of aliphatic hydroxyl groups is 1. The van der Waals surface area contributed by atoms with E-state index in [4.69, 9.17) is 9.84 Å². The van der Waals surface area contributed by atoms with Crippen molar-refractivity contribution < 1.29 is 9.84 Å². The average Bonchev–Trinajstić information content (AvgIpc) is 2.46. The van der Waals surface area contributed by atoms with Crippen molar-refractivity contribution >= 4 is 0 Å². The van der Waals surface area contributed by atoms with Gasteiger partial charge in [-0.15, -0.1) is 0 Å². The van der Waals surface area contributed by atoms with E-state index >= 15 is 0 Å². The number of aliphatic hydroxyl groups excluding tert-OH is 1. The Labute approximate surface area is 66.7 Å². The molecule has 0 saturated carbocycles. The minimum absolute atomic E-state index is 0.261. The molecule has 0 bridgehead atoms. The van der Waals surface area contributed by atoms with Crippen molar-refractivity contribution in [3.63, 3.8) is 0 Å². The second kappa shape index (κ2) is 3.09. The molecule has 64 valence electrons. The van der Waals surface area contributed by atoms with Gasteiger partial charge >= 0.3 is 0 Å². The van der Waals surface area contributed by atoms with Gasteiger partial charge in [-0.3, -0.25) is 0 Å². The number of rotatable bonds is 2. The normalized spacial score (nSPS) is 42.8. The van der Waals surface area contributed by atoms with Crippen LogP contribution in [-0.4, -0.2) is 37.0 Å². The number of ether oxygens (including phenoxy) is 1. The SMILES string of the molecule is OCCC1CC2CNCC2O1. The quantitative estimate of drug-likeness (QED) is 0.580. The molecular formula is C8H15NO2. The fourth-order valence-corrected chi connectivity index (χ4v) is 2.07. The van der Waals surface area contributed by atoms with Crippen molar-refractivity contribution in [1.29, 1.82) is 0 Å². The van der Waals surface area contributed by atoms with Crippen LogP contribution in [0.15, 0.2) is 0 Å². The highest BCUT2D eigenvalue weighted by Gasteiger charge is 2.37. The van der Waals surface area contributed by atoms with E-state index in [0.29, 0.717) is 18.1 Å². The van der Waals surface area contributed by atoms with E-state index in [0.717, 1.165) is 25.9 Å². The lowest BCUT2D eigenvalue weighted by Crippen LogP contribution is -2.19. The van der Waals surface area contributed by atoms with Crippen molar-refractivity contribution in [2.45, 2.75) is 25.0 Å². The third-order valence-electron chi connectivity index (χ3n) is 2.66.